The highest BCUT2D eigenvalue weighted by Crippen LogP contribution is 2.32. The highest BCUT2D eigenvalue weighted by Gasteiger charge is 2.16. The van der Waals surface area contributed by atoms with Gasteiger partial charge in [-0.05, 0) is 61.9 Å². The van der Waals surface area contributed by atoms with Gasteiger partial charge in [-0.3, -0.25) is 4.79 Å². The van der Waals surface area contributed by atoms with Crippen LogP contribution in [0, 0.1) is 0 Å². The van der Waals surface area contributed by atoms with E-state index in [1.54, 1.807) is 21.3 Å². The predicted molar refractivity (Wildman–Crippen MR) is 128 cm³/mol. The van der Waals surface area contributed by atoms with E-state index in [1.165, 1.54) is 11.8 Å². The summed E-state index contributed by atoms with van der Waals surface area (Å²) in [5, 5.41) is 13.4. The summed E-state index contributed by atoms with van der Waals surface area (Å²) in [6.07, 6.45) is 0. The van der Waals surface area contributed by atoms with E-state index in [4.69, 9.17) is 14.2 Å². The maximum absolute atomic E-state index is 12.3. The Balaban J connectivity index is 1.65. The normalized spacial score (nSPS) is 11.2. The minimum Gasteiger partial charge on any atom is -0.497 e. The number of ether oxygens (including phenoxy) is 3. The maximum atomic E-state index is 12.3. The van der Waals surface area contributed by atoms with Crippen molar-refractivity contribution in [3.8, 4) is 28.6 Å². The van der Waals surface area contributed by atoms with Crippen molar-refractivity contribution < 1.29 is 19.0 Å². The van der Waals surface area contributed by atoms with Gasteiger partial charge in [0.1, 0.15) is 5.75 Å². The third-order valence-corrected chi connectivity index (χ3v) is 5.83. The number of nitrogens with one attached hydrogen (secondary N) is 1. The van der Waals surface area contributed by atoms with Gasteiger partial charge in [-0.2, -0.15) is 5.10 Å². The molecule has 1 amide bonds. The van der Waals surface area contributed by atoms with Crippen LogP contribution in [0.4, 0.5) is 0 Å². The van der Waals surface area contributed by atoms with E-state index in [1.807, 2.05) is 60.9 Å². The second-order valence-corrected chi connectivity index (χ2v) is 7.81. The molecule has 3 aromatic rings. The molecule has 0 bridgehead atoms. The number of thioether (sulfide) groups is 1. The Hall–Kier alpha value is -3.53. The molecule has 10 heteroatoms. The van der Waals surface area contributed by atoms with Crippen LogP contribution in [0.15, 0.2) is 52.7 Å². The Morgan fingerprint density at radius 1 is 1.03 bits per heavy atom. The first-order valence-corrected chi connectivity index (χ1v) is 11.2. The first kappa shape index (κ1) is 24.1. The van der Waals surface area contributed by atoms with Crippen LogP contribution >= 0.6 is 11.8 Å². The van der Waals surface area contributed by atoms with Gasteiger partial charge in [0, 0.05) is 12.1 Å². The number of rotatable bonds is 10. The molecule has 9 nitrogen and oxygen atoms in total. The second-order valence-electron chi connectivity index (χ2n) is 6.87. The number of hydrogen-bond acceptors (Lipinski definition) is 8. The topological polar surface area (TPSA) is 99.9 Å². The molecule has 0 fully saturated rings. The summed E-state index contributed by atoms with van der Waals surface area (Å²) in [4.78, 5) is 12.3. The van der Waals surface area contributed by atoms with Crippen molar-refractivity contribution in [2.75, 3.05) is 27.1 Å². The van der Waals surface area contributed by atoms with E-state index in [0.29, 0.717) is 34.7 Å². The Kier molecular flexibility index (Phi) is 8.31. The summed E-state index contributed by atoms with van der Waals surface area (Å²) in [7, 11) is 4.79. The van der Waals surface area contributed by atoms with E-state index in [2.05, 4.69) is 20.7 Å². The summed E-state index contributed by atoms with van der Waals surface area (Å²) < 4.78 is 17.8. The number of amides is 1. The van der Waals surface area contributed by atoms with Crippen LogP contribution in [0.3, 0.4) is 0 Å². The molecule has 0 radical (unpaired) electrons. The molecule has 0 aliphatic carbocycles. The largest absolute Gasteiger partial charge is 0.497 e. The summed E-state index contributed by atoms with van der Waals surface area (Å²) >= 11 is 1.30. The van der Waals surface area contributed by atoms with Crippen LogP contribution < -0.4 is 19.6 Å². The zero-order valence-corrected chi connectivity index (χ0v) is 20.1. The smallest absolute Gasteiger partial charge is 0.250 e. The van der Waals surface area contributed by atoms with Gasteiger partial charge in [0.05, 0.1) is 32.8 Å². The van der Waals surface area contributed by atoms with Gasteiger partial charge >= 0.3 is 0 Å². The minimum absolute atomic E-state index is 0.156. The maximum Gasteiger partial charge on any atom is 0.250 e. The first-order valence-electron chi connectivity index (χ1n) is 10.3. The van der Waals surface area contributed by atoms with Crippen molar-refractivity contribution in [3.05, 3.63) is 48.0 Å². The predicted octanol–water partition coefficient (Wildman–Crippen LogP) is 3.62. The molecule has 1 heterocycles. The highest BCUT2D eigenvalue weighted by molar-refractivity contribution is 7.99. The number of aromatic nitrogens is 3. The lowest BCUT2D eigenvalue weighted by atomic mass is 10.1. The molecular weight excluding hydrogens is 442 g/mol. The summed E-state index contributed by atoms with van der Waals surface area (Å²) in [6.45, 7) is 4.48. The van der Waals surface area contributed by atoms with Gasteiger partial charge < -0.3 is 18.8 Å². The van der Waals surface area contributed by atoms with Crippen molar-refractivity contribution in [1.82, 2.24) is 20.2 Å². The molecule has 0 saturated carbocycles. The average molecular weight is 470 g/mol. The second kappa shape index (κ2) is 11.4. The fourth-order valence-electron chi connectivity index (χ4n) is 3.07. The molecule has 3 rings (SSSR count). The van der Waals surface area contributed by atoms with Gasteiger partial charge in [-0.1, -0.05) is 11.8 Å². The monoisotopic (exact) mass is 469 g/mol. The summed E-state index contributed by atoms with van der Waals surface area (Å²) in [6, 6.07) is 13.0. The van der Waals surface area contributed by atoms with Gasteiger partial charge in [-0.25, -0.2) is 5.43 Å². The molecule has 33 heavy (non-hydrogen) atoms. The van der Waals surface area contributed by atoms with Crippen molar-refractivity contribution in [2.24, 2.45) is 5.10 Å². The number of hydrogen-bond donors (Lipinski definition) is 1. The van der Waals surface area contributed by atoms with E-state index >= 15 is 0 Å². The van der Waals surface area contributed by atoms with Crippen molar-refractivity contribution in [3.63, 3.8) is 0 Å². The Labute approximate surface area is 197 Å². The zero-order valence-electron chi connectivity index (χ0n) is 19.3. The SMILES string of the molecule is CCn1c(SCC(=O)NN=C(C)c2ccc(OC)cc2)nnc1-c1ccc(OC)c(OC)c1. The fraction of sp³-hybridized carbons (Fsp3) is 0.304. The lowest BCUT2D eigenvalue weighted by molar-refractivity contribution is -0.118. The Morgan fingerprint density at radius 2 is 1.76 bits per heavy atom. The van der Waals surface area contributed by atoms with Crippen molar-refractivity contribution in [1.29, 1.82) is 0 Å². The third kappa shape index (κ3) is 5.83. The highest BCUT2D eigenvalue weighted by atomic mass is 32.2. The number of benzene rings is 2. The lowest BCUT2D eigenvalue weighted by Gasteiger charge is -2.10. The molecule has 2 aromatic carbocycles. The summed E-state index contributed by atoms with van der Waals surface area (Å²) in [5.41, 5.74) is 5.03. The Morgan fingerprint density at radius 3 is 2.39 bits per heavy atom. The summed E-state index contributed by atoms with van der Waals surface area (Å²) in [5.74, 6) is 2.63. The molecule has 0 unspecified atom stereocenters. The molecule has 0 aliphatic rings. The van der Waals surface area contributed by atoms with Crippen LogP contribution in [0.25, 0.3) is 11.4 Å². The molecular formula is C23H27N5O4S. The van der Waals surface area contributed by atoms with Gasteiger partial charge in [0.2, 0.25) is 0 Å². The van der Waals surface area contributed by atoms with E-state index < -0.39 is 0 Å². The molecule has 0 saturated heterocycles. The molecule has 0 aliphatic heterocycles. The number of carbonyl (C=O) groups is 1. The van der Waals surface area contributed by atoms with E-state index in [0.717, 1.165) is 16.9 Å². The number of carbonyl (C=O) groups excluding carboxylic acids is 1. The van der Waals surface area contributed by atoms with E-state index in [-0.39, 0.29) is 11.7 Å². The van der Waals surface area contributed by atoms with Crippen molar-refractivity contribution >= 4 is 23.4 Å². The van der Waals surface area contributed by atoms with Crippen molar-refractivity contribution in [2.45, 2.75) is 25.5 Å². The standard InChI is InChI=1S/C23H27N5O4S/c1-6-28-22(17-9-12-19(31-4)20(13-17)32-5)26-27-23(28)33-14-21(29)25-24-15(2)16-7-10-18(30-3)11-8-16/h7-13H,6,14H2,1-5H3,(H,25,29). The van der Waals surface area contributed by atoms with Crippen LogP contribution in [-0.4, -0.2) is 53.5 Å². The van der Waals surface area contributed by atoms with Crippen LogP contribution in [0.5, 0.6) is 17.2 Å². The van der Waals surface area contributed by atoms with Gasteiger partial charge in [0.15, 0.2) is 22.5 Å². The average Bonchev–Trinajstić information content (AvgIpc) is 3.28. The van der Waals surface area contributed by atoms with Crippen LogP contribution in [-0.2, 0) is 11.3 Å². The fourth-order valence-corrected chi connectivity index (χ4v) is 3.87. The molecule has 1 N–H and O–H groups in total. The van der Waals surface area contributed by atoms with Gasteiger partial charge in [0.25, 0.3) is 5.91 Å². The molecule has 1 aromatic heterocycles. The third-order valence-electron chi connectivity index (χ3n) is 4.86. The van der Waals surface area contributed by atoms with E-state index in [9.17, 15) is 4.79 Å². The van der Waals surface area contributed by atoms with Gasteiger partial charge in [-0.15, -0.1) is 10.2 Å². The molecule has 0 atom stereocenters. The Bertz CT molecular complexity index is 1130. The minimum atomic E-state index is -0.230. The molecule has 174 valence electrons. The van der Waals surface area contributed by atoms with Crippen LogP contribution in [0.2, 0.25) is 0 Å². The number of methoxy groups -OCH3 is 3. The number of hydrazone groups is 1. The first-order chi connectivity index (χ1) is 16.0. The van der Waals surface area contributed by atoms with Crippen LogP contribution in [0.1, 0.15) is 19.4 Å². The molecule has 0 spiro atoms. The quantitative estimate of drug-likeness (QED) is 0.275. The number of nitrogens with zero attached hydrogens (tertiary/aromatic N) is 4. The lowest BCUT2D eigenvalue weighted by Crippen LogP contribution is -2.21. The zero-order chi connectivity index (χ0) is 23.8.